The Morgan fingerprint density at radius 1 is 1.14 bits per heavy atom. The van der Waals surface area contributed by atoms with Crippen molar-refractivity contribution < 1.29 is 28.2 Å². The molecule has 7 nitrogen and oxygen atoms in total. The van der Waals surface area contributed by atoms with Crippen LogP contribution < -0.4 is 19.8 Å². The van der Waals surface area contributed by atoms with Crippen LogP contribution in [-0.4, -0.2) is 25.5 Å². The summed E-state index contributed by atoms with van der Waals surface area (Å²) in [5.74, 6) is 0.307. The third-order valence-electron chi connectivity index (χ3n) is 4.93. The van der Waals surface area contributed by atoms with E-state index in [2.05, 4.69) is 0 Å². The molecule has 2 aliphatic heterocycles. The first kappa shape index (κ1) is 16.7. The van der Waals surface area contributed by atoms with Crippen molar-refractivity contribution in [2.24, 2.45) is 0 Å². The van der Waals surface area contributed by atoms with Gasteiger partial charge in [0.15, 0.2) is 11.5 Å². The third-order valence-corrected chi connectivity index (χ3v) is 4.93. The fourth-order valence-electron chi connectivity index (χ4n) is 3.73. The number of hydrogen-bond donors (Lipinski definition) is 0. The minimum Gasteiger partial charge on any atom is -0.476 e. The van der Waals surface area contributed by atoms with Crippen LogP contribution in [0, 0.1) is 0 Å². The maximum atomic E-state index is 12.8. The topological polar surface area (TPSA) is 84.2 Å². The van der Waals surface area contributed by atoms with Crippen LogP contribution in [0.15, 0.2) is 51.7 Å². The maximum Gasteiger partial charge on any atom is 0.348 e. The van der Waals surface area contributed by atoms with E-state index in [-0.39, 0.29) is 13.4 Å². The van der Waals surface area contributed by atoms with E-state index in [1.807, 2.05) is 6.07 Å². The molecule has 3 heterocycles. The Morgan fingerprint density at radius 3 is 2.82 bits per heavy atom. The Bertz CT molecular complexity index is 1150. The van der Waals surface area contributed by atoms with Crippen molar-refractivity contribution in [2.45, 2.75) is 18.9 Å². The zero-order valence-corrected chi connectivity index (χ0v) is 15.0. The lowest BCUT2D eigenvalue weighted by Crippen LogP contribution is -2.32. The van der Waals surface area contributed by atoms with Crippen molar-refractivity contribution >= 4 is 16.9 Å². The predicted octanol–water partition coefficient (Wildman–Crippen LogP) is 2.98. The first-order valence-electron chi connectivity index (χ1n) is 8.96. The van der Waals surface area contributed by atoms with E-state index < -0.39 is 23.6 Å². The molecule has 0 saturated carbocycles. The zero-order chi connectivity index (χ0) is 19.3. The first-order valence-corrected chi connectivity index (χ1v) is 8.96. The molecule has 28 heavy (non-hydrogen) atoms. The second-order valence-corrected chi connectivity index (χ2v) is 6.51. The summed E-state index contributed by atoms with van der Waals surface area (Å²) in [5, 5.41) is 0.634. The van der Waals surface area contributed by atoms with Crippen LogP contribution in [0.3, 0.4) is 0 Å². The smallest absolute Gasteiger partial charge is 0.348 e. The highest BCUT2D eigenvalue weighted by molar-refractivity contribution is 5.88. The number of carbonyl (C=O) groups is 1. The third kappa shape index (κ3) is 2.43. The van der Waals surface area contributed by atoms with Gasteiger partial charge in [0.2, 0.25) is 12.9 Å². The molecule has 2 aliphatic rings. The predicted molar refractivity (Wildman–Crippen MR) is 97.9 cm³/mol. The Kier molecular flexibility index (Phi) is 3.75. The highest BCUT2D eigenvalue weighted by Crippen LogP contribution is 2.46. The molecule has 7 heteroatoms. The van der Waals surface area contributed by atoms with Crippen molar-refractivity contribution in [1.82, 2.24) is 0 Å². The van der Waals surface area contributed by atoms with Crippen LogP contribution in [0.4, 0.5) is 0 Å². The molecule has 2 atom stereocenters. The molecule has 0 aliphatic carbocycles. The summed E-state index contributed by atoms with van der Waals surface area (Å²) in [4.78, 5) is 25.5. The summed E-state index contributed by atoms with van der Waals surface area (Å²) >= 11 is 0. The number of rotatable bonds is 3. The van der Waals surface area contributed by atoms with E-state index in [0.717, 1.165) is 0 Å². The highest BCUT2D eigenvalue weighted by Gasteiger charge is 2.45. The first-order chi connectivity index (χ1) is 13.7. The van der Waals surface area contributed by atoms with Crippen LogP contribution >= 0.6 is 0 Å². The van der Waals surface area contributed by atoms with Crippen molar-refractivity contribution in [1.29, 1.82) is 0 Å². The van der Waals surface area contributed by atoms with Gasteiger partial charge in [-0.25, -0.2) is 9.59 Å². The van der Waals surface area contributed by atoms with E-state index in [9.17, 15) is 9.59 Å². The minimum absolute atomic E-state index is 0.130. The van der Waals surface area contributed by atoms with Crippen molar-refractivity contribution in [2.75, 3.05) is 13.4 Å². The lowest BCUT2D eigenvalue weighted by atomic mass is 9.88. The molecular formula is C21H16O7. The molecule has 3 aromatic rings. The van der Waals surface area contributed by atoms with E-state index in [4.69, 9.17) is 23.4 Å². The maximum absolute atomic E-state index is 12.8. The molecule has 0 saturated heterocycles. The van der Waals surface area contributed by atoms with Crippen molar-refractivity contribution in [3.05, 3.63) is 64.0 Å². The van der Waals surface area contributed by atoms with Crippen molar-refractivity contribution in [3.63, 3.8) is 0 Å². The van der Waals surface area contributed by atoms with Gasteiger partial charge in [0.1, 0.15) is 11.3 Å². The van der Waals surface area contributed by atoms with Crippen LogP contribution in [0.5, 0.6) is 17.2 Å². The van der Waals surface area contributed by atoms with E-state index in [0.29, 0.717) is 39.3 Å². The van der Waals surface area contributed by atoms with Gasteiger partial charge in [0.25, 0.3) is 0 Å². The lowest BCUT2D eigenvalue weighted by molar-refractivity contribution is -0.151. The van der Waals surface area contributed by atoms with Gasteiger partial charge in [-0.2, -0.15) is 0 Å². The average molecular weight is 380 g/mol. The summed E-state index contributed by atoms with van der Waals surface area (Å²) in [6.07, 6.45) is -0.996. The van der Waals surface area contributed by atoms with Crippen LogP contribution in [0.2, 0.25) is 0 Å². The van der Waals surface area contributed by atoms with E-state index in [1.165, 1.54) is 0 Å². The molecule has 5 rings (SSSR count). The minimum atomic E-state index is -0.996. The van der Waals surface area contributed by atoms with Crippen LogP contribution in [-0.2, 0) is 9.53 Å². The molecule has 0 spiro atoms. The second-order valence-electron chi connectivity index (χ2n) is 6.51. The molecule has 0 bridgehead atoms. The number of para-hydroxylation sites is 1. The Labute approximate surface area is 159 Å². The summed E-state index contributed by atoms with van der Waals surface area (Å²) in [6, 6.07) is 12.4. The number of esters is 1. The Balaban J connectivity index is 1.72. The van der Waals surface area contributed by atoms with Gasteiger partial charge in [0.05, 0.1) is 23.5 Å². The number of benzene rings is 2. The van der Waals surface area contributed by atoms with Gasteiger partial charge in [-0.1, -0.05) is 18.2 Å². The number of carbonyl (C=O) groups excluding carboxylic acids is 1. The number of fused-ring (bicyclic) bond motifs is 4. The number of ether oxygens (including phenoxy) is 4. The Morgan fingerprint density at radius 2 is 1.96 bits per heavy atom. The monoisotopic (exact) mass is 380 g/mol. The van der Waals surface area contributed by atoms with Crippen LogP contribution in [0.1, 0.15) is 24.0 Å². The fourth-order valence-corrected chi connectivity index (χ4v) is 3.73. The molecule has 0 N–H and O–H groups in total. The Hall–Kier alpha value is -3.48. The van der Waals surface area contributed by atoms with Crippen molar-refractivity contribution in [3.8, 4) is 17.2 Å². The molecule has 2 aromatic carbocycles. The molecule has 0 unspecified atom stereocenters. The zero-order valence-electron chi connectivity index (χ0n) is 15.0. The van der Waals surface area contributed by atoms with Gasteiger partial charge in [-0.3, -0.25) is 0 Å². The highest BCUT2D eigenvalue weighted by atomic mass is 16.7. The summed E-state index contributed by atoms with van der Waals surface area (Å²) in [5.41, 5.74) is 0.850. The van der Waals surface area contributed by atoms with Crippen LogP contribution in [0.25, 0.3) is 11.0 Å². The van der Waals surface area contributed by atoms with Gasteiger partial charge in [0, 0.05) is 0 Å². The summed E-state index contributed by atoms with van der Waals surface area (Å²) < 4.78 is 27.5. The van der Waals surface area contributed by atoms with E-state index in [1.54, 1.807) is 43.3 Å². The normalized spacial score (nSPS) is 19.3. The van der Waals surface area contributed by atoms with Gasteiger partial charge in [-0.15, -0.1) is 0 Å². The average Bonchev–Trinajstić information content (AvgIpc) is 3.33. The SMILES string of the molecule is CCOC(=O)[C@@H]1Oc2c(c(=O)oc3ccccc23)[C@H]1c1ccc2c(c1)OCO2. The molecular weight excluding hydrogens is 364 g/mol. The molecule has 1 aromatic heterocycles. The number of hydrogen-bond acceptors (Lipinski definition) is 7. The standard InChI is InChI=1S/C21H16O7/c1-2-24-21(23)19-16(11-7-8-14-15(9-11)26-10-25-14)17-18(28-19)12-5-3-4-6-13(12)27-20(17)22/h3-9,16,19H,2,10H2,1H3/t16-,19-/m1/s1. The lowest BCUT2D eigenvalue weighted by Gasteiger charge is -2.17. The molecule has 0 amide bonds. The van der Waals surface area contributed by atoms with Gasteiger partial charge < -0.3 is 23.4 Å². The largest absolute Gasteiger partial charge is 0.476 e. The van der Waals surface area contributed by atoms with Gasteiger partial charge >= 0.3 is 11.6 Å². The van der Waals surface area contributed by atoms with E-state index >= 15 is 0 Å². The summed E-state index contributed by atoms with van der Waals surface area (Å²) in [7, 11) is 0. The molecule has 0 radical (unpaired) electrons. The summed E-state index contributed by atoms with van der Waals surface area (Å²) in [6.45, 7) is 2.06. The molecule has 142 valence electrons. The second kappa shape index (κ2) is 6.30. The molecule has 0 fully saturated rings. The fraction of sp³-hybridized carbons (Fsp3) is 0.238. The quantitative estimate of drug-likeness (QED) is 0.510. The van der Waals surface area contributed by atoms with Gasteiger partial charge in [-0.05, 0) is 36.8 Å².